The van der Waals surface area contributed by atoms with Crippen molar-refractivity contribution in [1.29, 1.82) is 0 Å². The van der Waals surface area contributed by atoms with E-state index in [4.69, 9.17) is 4.74 Å². The molecule has 1 amide bonds. The second-order valence-electron chi connectivity index (χ2n) is 6.88. The van der Waals surface area contributed by atoms with Gasteiger partial charge in [0.05, 0.1) is 36.0 Å². The minimum Gasteiger partial charge on any atom is -0.465 e. The van der Waals surface area contributed by atoms with E-state index in [2.05, 4.69) is 10.1 Å². The number of nitro groups is 1. The van der Waals surface area contributed by atoms with Crippen molar-refractivity contribution < 1.29 is 33.6 Å². The first-order valence-corrected chi connectivity index (χ1v) is 9.77. The Morgan fingerprint density at radius 2 is 1.44 bits per heavy atom. The minimum absolute atomic E-state index is 0.0341. The SMILES string of the molecule is COC(=O)c1ccc(C(=O)c2ccccc2NC(=O)c2cccc([N+](=O)[O-])c2)cc1C(=O)OC. The number of rotatable bonds is 7. The van der Waals surface area contributed by atoms with Crippen LogP contribution < -0.4 is 5.32 Å². The molecule has 0 aromatic heterocycles. The predicted octanol–water partition coefficient (Wildman–Crippen LogP) is 3.65. The van der Waals surface area contributed by atoms with E-state index in [-0.39, 0.29) is 39.2 Å². The zero-order valence-corrected chi connectivity index (χ0v) is 18.1. The number of nitro benzene ring substituents is 1. The van der Waals surface area contributed by atoms with E-state index in [0.29, 0.717) is 0 Å². The number of ketones is 1. The van der Waals surface area contributed by atoms with Gasteiger partial charge in [0.2, 0.25) is 0 Å². The highest BCUT2D eigenvalue weighted by Crippen LogP contribution is 2.23. The number of carbonyl (C=O) groups is 4. The van der Waals surface area contributed by atoms with E-state index >= 15 is 0 Å². The van der Waals surface area contributed by atoms with Gasteiger partial charge in [-0.2, -0.15) is 0 Å². The third-order valence-electron chi connectivity index (χ3n) is 4.83. The van der Waals surface area contributed by atoms with Crippen molar-refractivity contribution in [3.05, 3.63) is 105 Å². The fourth-order valence-electron chi connectivity index (χ4n) is 3.15. The van der Waals surface area contributed by atoms with E-state index in [1.54, 1.807) is 12.1 Å². The van der Waals surface area contributed by atoms with Crippen LogP contribution in [0.1, 0.15) is 47.0 Å². The lowest BCUT2D eigenvalue weighted by atomic mass is 9.97. The van der Waals surface area contributed by atoms with E-state index in [1.807, 2.05) is 0 Å². The summed E-state index contributed by atoms with van der Waals surface area (Å²) in [5, 5.41) is 13.6. The first-order valence-electron chi connectivity index (χ1n) is 9.77. The lowest BCUT2D eigenvalue weighted by Crippen LogP contribution is -2.16. The van der Waals surface area contributed by atoms with Crippen molar-refractivity contribution in [2.24, 2.45) is 0 Å². The molecule has 0 atom stereocenters. The summed E-state index contributed by atoms with van der Waals surface area (Å²) in [6, 6.07) is 15.1. The molecule has 0 aliphatic heterocycles. The smallest absolute Gasteiger partial charge is 0.338 e. The molecule has 3 rings (SSSR count). The molecule has 0 bridgehead atoms. The second kappa shape index (κ2) is 10.2. The van der Waals surface area contributed by atoms with Crippen LogP contribution in [0.3, 0.4) is 0 Å². The van der Waals surface area contributed by atoms with E-state index in [1.165, 1.54) is 48.5 Å². The van der Waals surface area contributed by atoms with E-state index in [9.17, 15) is 29.3 Å². The highest BCUT2D eigenvalue weighted by Gasteiger charge is 2.23. The topological polar surface area (TPSA) is 142 Å². The molecule has 10 heteroatoms. The summed E-state index contributed by atoms with van der Waals surface area (Å²) >= 11 is 0. The third kappa shape index (κ3) is 4.96. The average Bonchev–Trinajstić information content (AvgIpc) is 2.87. The van der Waals surface area contributed by atoms with E-state index < -0.39 is 28.6 Å². The van der Waals surface area contributed by atoms with Crippen molar-refractivity contribution in [1.82, 2.24) is 0 Å². The summed E-state index contributed by atoms with van der Waals surface area (Å²) < 4.78 is 9.36. The van der Waals surface area contributed by atoms with Crippen molar-refractivity contribution in [3.63, 3.8) is 0 Å². The molecule has 0 spiro atoms. The molecule has 10 nitrogen and oxygen atoms in total. The molecule has 0 aliphatic rings. The minimum atomic E-state index is -0.831. The Labute approximate surface area is 193 Å². The van der Waals surface area contributed by atoms with Gasteiger partial charge >= 0.3 is 11.9 Å². The van der Waals surface area contributed by atoms with Gasteiger partial charge in [-0.3, -0.25) is 19.7 Å². The Bertz CT molecular complexity index is 1320. The molecule has 0 radical (unpaired) electrons. The van der Waals surface area contributed by atoms with Gasteiger partial charge in [0.1, 0.15) is 0 Å². The second-order valence-corrected chi connectivity index (χ2v) is 6.88. The standard InChI is InChI=1S/C24H18N2O8/c1-33-23(29)17-11-10-14(13-19(17)24(30)34-2)21(27)18-8-3-4-9-20(18)25-22(28)15-6-5-7-16(12-15)26(31)32/h3-13H,1-2H3,(H,25,28). The van der Waals surface area contributed by atoms with Crippen LogP contribution in [-0.2, 0) is 9.47 Å². The Morgan fingerprint density at radius 1 is 0.765 bits per heavy atom. The number of nitrogens with one attached hydrogen (secondary N) is 1. The zero-order valence-electron chi connectivity index (χ0n) is 18.1. The summed E-state index contributed by atoms with van der Waals surface area (Å²) in [7, 11) is 2.29. The number of methoxy groups -OCH3 is 2. The Balaban J connectivity index is 1.96. The quantitative estimate of drug-likeness (QED) is 0.243. The number of hydrogen-bond donors (Lipinski definition) is 1. The highest BCUT2D eigenvalue weighted by atomic mass is 16.6. The lowest BCUT2D eigenvalue weighted by molar-refractivity contribution is -0.384. The maximum absolute atomic E-state index is 13.2. The number of esters is 2. The molecule has 0 saturated heterocycles. The summed E-state index contributed by atoms with van der Waals surface area (Å²) in [6.07, 6.45) is 0. The van der Waals surface area contributed by atoms with Gasteiger partial charge in [-0.05, 0) is 30.3 Å². The van der Waals surface area contributed by atoms with Crippen LogP contribution in [0.25, 0.3) is 0 Å². The molecule has 3 aromatic rings. The largest absolute Gasteiger partial charge is 0.465 e. The third-order valence-corrected chi connectivity index (χ3v) is 4.83. The van der Waals surface area contributed by atoms with Gasteiger partial charge in [-0.1, -0.05) is 24.3 Å². The van der Waals surface area contributed by atoms with Gasteiger partial charge in [-0.25, -0.2) is 9.59 Å². The van der Waals surface area contributed by atoms with Crippen molar-refractivity contribution in [2.75, 3.05) is 19.5 Å². The van der Waals surface area contributed by atoms with Crippen LogP contribution in [0.5, 0.6) is 0 Å². The molecule has 34 heavy (non-hydrogen) atoms. The molecule has 0 fully saturated rings. The zero-order chi connectivity index (χ0) is 24.8. The number of non-ortho nitro benzene ring substituents is 1. The number of carbonyl (C=O) groups excluding carboxylic acids is 4. The maximum Gasteiger partial charge on any atom is 0.338 e. The fourth-order valence-corrected chi connectivity index (χ4v) is 3.15. The van der Waals surface area contributed by atoms with Crippen LogP contribution in [0.15, 0.2) is 66.7 Å². The molecule has 1 N–H and O–H groups in total. The molecule has 0 unspecified atom stereocenters. The Kier molecular flexibility index (Phi) is 7.12. The first-order chi connectivity index (χ1) is 16.3. The van der Waals surface area contributed by atoms with Crippen LogP contribution in [0, 0.1) is 10.1 Å². The molecular weight excluding hydrogens is 444 g/mol. The molecular formula is C24H18N2O8. The van der Waals surface area contributed by atoms with Crippen LogP contribution in [-0.4, -0.2) is 42.8 Å². The summed E-state index contributed by atoms with van der Waals surface area (Å²) in [4.78, 5) is 60.4. The lowest BCUT2D eigenvalue weighted by Gasteiger charge is -2.12. The molecule has 0 saturated carbocycles. The van der Waals surface area contributed by atoms with Gasteiger partial charge in [0.15, 0.2) is 5.78 Å². The first kappa shape index (κ1) is 23.8. The van der Waals surface area contributed by atoms with Crippen LogP contribution in [0.4, 0.5) is 11.4 Å². The number of amides is 1. The van der Waals surface area contributed by atoms with Gasteiger partial charge < -0.3 is 14.8 Å². The molecule has 0 heterocycles. The summed E-state index contributed by atoms with van der Waals surface area (Å²) in [6.45, 7) is 0. The fraction of sp³-hybridized carbons (Fsp3) is 0.0833. The number of hydrogen-bond acceptors (Lipinski definition) is 8. The average molecular weight is 462 g/mol. The number of para-hydroxylation sites is 1. The van der Waals surface area contributed by atoms with Crippen LogP contribution >= 0.6 is 0 Å². The van der Waals surface area contributed by atoms with E-state index in [0.717, 1.165) is 20.3 Å². The Hall–Kier alpha value is -4.86. The van der Waals surface area contributed by atoms with Crippen molar-refractivity contribution >= 4 is 35.0 Å². The number of nitrogens with zero attached hydrogens (tertiary/aromatic N) is 1. The van der Waals surface area contributed by atoms with Crippen molar-refractivity contribution in [3.8, 4) is 0 Å². The summed E-state index contributed by atoms with van der Waals surface area (Å²) in [5.74, 6) is -2.80. The van der Waals surface area contributed by atoms with Crippen molar-refractivity contribution in [2.45, 2.75) is 0 Å². The number of benzene rings is 3. The molecule has 0 aliphatic carbocycles. The maximum atomic E-state index is 13.2. The highest BCUT2D eigenvalue weighted by molar-refractivity contribution is 6.16. The van der Waals surface area contributed by atoms with Gasteiger partial charge in [-0.15, -0.1) is 0 Å². The Morgan fingerprint density at radius 3 is 2.12 bits per heavy atom. The monoisotopic (exact) mass is 462 g/mol. The number of ether oxygens (including phenoxy) is 2. The van der Waals surface area contributed by atoms with Crippen LogP contribution in [0.2, 0.25) is 0 Å². The summed E-state index contributed by atoms with van der Waals surface area (Å²) in [5.41, 5.74) is -0.130. The normalized spacial score (nSPS) is 10.2. The number of anilines is 1. The predicted molar refractivity (Wildman–Crippen MR) is 120 cm³/mol. The van der Waals surface area contributed by atoms with Gasteiger partial charge in [0.25, 0.3) is 11.6 Å². The van der Waals surface area contributed by atoms with Gasteiger partial charge in [0, 0.05) is 28.8 Å². The molecule has 172 valence electrons. The molecule has 3 aromatic carbocycles.